The number of nitrogens with zero attached hydrogens (tertiary/aromatic N) is 2. The number of aliphatic hydroxyl groups is 1. The number of ether oxygens (including phenoxy) is 3. The minimum atomic E-state index is -1.51. The van der Waals surface area contributed by atoms with E-state index < -0.39 is 66.1 Å². The summed E-state index contributed by atoms with van der Waals surface area (Å²) < 4.78 is 18.6. The Morgan fingerprint density at radius 3 is 2.44 bits per heavy atom. The maximum Gasteiger partial charge on any atom is 0.313 e. The lowest BCUT2D eigenvalue weighted by Gasteiger charge is -2.40. The topological polar surface area (TPSA) is 135 Å². The second-order valence-corrected chi connectivity index (χ2v) is 13.8. The van der Waals surface area contributed by atoms with Gasteiger partial charge in [0.25, 0.3) is 5.91 Å². The summed E-state index contributed by atoms with van der Waals surface area (Å²) in [5, 5.41) is 13.5. The fourth-order valence-electron chi connectivity index (χ4n) is 7.34. The smallest absolute Gasteiger partial charge is 0.313 e. The maximum absolute atomic E-state index is 15.0. The first-order valence-corrected chi connectivity index (χ1v) is 17.0. The molecule has 0 unspecified atom stereocenters. The zero-order chi connectivity index (χ0) is 34.2. The number of nitrogens with one attached hydrogen (secondary N) is 1. The molecule has 4 heterocycles. The van der Waals surface area contributed by atoms with E-state index in [0.29, 0.717) is 27.9 Å². The van der Waals surface area contributed by atoms with Crippen LogP contribution < -0.4 is 15.0 Å². The van der Waals surface area contributed by atoms with Crippen molar-refractivity contribution in [3.05, 3.63) is 82.9 Å². The zero-order valence-electron chi connectivity index (χ0n) is 27.1. The van der Waals surface area contributed by atoms with Gasteiger partial charge in [-0.3, -0.25) is 19.2 Å². The molecule has 5 bridgehead atoms. The van der Waals surface area contributed by atoms with E-state index in [-0.39, 0.29) is 31.3 Å². The average molecular weight is 723 g/mol. The third kappa shape index (κ3) is 5.94. The van der Waals surface area contributed by atoms with Crippen LogP contribution in [0.5, 0.6) is 5.75 Å². The van der Waals surface area contributed by atoms with Gasteiger partial charge in [0.1, 0.15) is 35.5 Å². The van der Waals surface area contributed by atoms with E-state index in [1.807, 2.05) is 56.3 Å². The van der Waals surface area contributed by atoms with E-state index in [1.54, 1.807) is 42.4 Å². The standard InChI is InChI=1S/C36H40BrN3O8/c1-21(2)26(20-41)40-32-34(44)39(23-13-15-24(46-3)16-14-23)17-9-5-8-12-28(42)38-19-27(22-10-6-4-7-11-22)47-35(45)29-30(33(40)43)36(32)18-25(37)31(29)48-36/h4-7,9-11,13-16,18,21,26-27,29-32,41H,8,12,17,19-20H2,1-3H3,(H,38,42)/b9-5-/t26-,27-,29-,30+,31-,32-,36+/m0/s1. The van der Waals surface area contributed by atoms with Crippen LogP contribution in [0.3, 0.4) is 0 Å². The van der Waals surface area contributed by atoms with Gasteiger partial charge in [-0.2, -0.15) is 0 Å². The van der Waals surface area contributed by atoms with Crippen molar-refractivity contribution < 1.29 is 38.5 Å². The molecule has 12 heteroatoms. The Kier molecular flexibility index (Phi) is 9.78. The summed E-state index contributed by atoms with van der Waals surface area (Å²) in [5.41, 5.74) is -0.279. The van der Waals surface area contributed by atoms with Crippen molar-refractivity contribution in [2.45, 2.75) is 56.6 Å². The van der Waals surface area contributed by atoms with Gasteiger partial charge < -0.3 is 34.4 Å². The Hall–Kier alpha value is -4.00. The van der Waals surface area contributed by atoms with Gasteiger partial charge in [-0.05, 0) is 48.2 Å². The van der Waals surface area contributed by atoms with Gasteiger partial charge >= 0.3 is 5.97 Å². The first-order valence-electron chi connectivity index (χ1n) is 16.2. The summed E-state index contributed by atoms with van der Waals surface area (Å²) >= 11 is 3.59. The van der Waals surface area contributed by atoms with Crippen LogP contribution in [0.25, 0.3) is 0 Å². The molecule has 254 valence electrons. The highest BCUT2D eigenvalue weighted by Gasteiger charge is 2.75. The van der Waals surface area contributed by atoms with Crippen LogP contribution >= 0.6 is 15.9 Å². The Morgan fingerprint density at radius 1 is 1.04 bits per heavy atom. The molecule has 2 aromatic rings. The average Bonchev–Trinajstić information content (AvgIpc) is 3.68. The predicted octanol–water partition coefficient (Wildman–Crippen LogP) is 3.67. The number of methoxy groups -OCH3 is 1. The Labute approximate surface area is 288 Å². The molecule has 7 atom stereocenters. The number of esters is 1. The second-order valence-electron chi connectivity index (χ2n) is 12.9. The Morgan fingerprint density at radius 2 is 1.77 bits per heavy atom. The van der Waals surface area contributed by atoms with E-state index in [0.717, 1.165) is 0 Å². The lowest BCUT2D eigenvalue weighted by molar-refractivity contribution is -0.160. The molecular formula is C36H40BrN3O8. The van der Waals surface area contributed by atoms with Crippen molar-refractivity contribution in [1.29, 1.82) is 0 Å². The molecule has 4 aliphatic rings. The monoisotopic (exact) mass is 721 g/mol. The largest absolute Gasteiger partial charge is 0.497 e. The number of hydrogen-bond donors (Lipinski definition) is 2. The first kappa shape index (κ1) is 33.9. The number of halogens is 1. The second kappa shape index (κ2) is 13.9. The fourth-order valence-corrected chi connectivity index (χ4v) is 8.07. The third-order valence-corrected chi connectivity index (χ3v) is 10.4. The van der Waals surface area contributed by atoms with Crippen molar-refractivity contribution in [3.63, 3.8) is 0 Å². The van der Waals surface area contributed by atoms with Crippen molar-refractivity contribution in [2.75, 3.05) is 31.7 Å². The first-order chi connectivity index (χ1) is 23.1. The molecule has 2 fully saturated rings. The lowest BCUT2D eigenvalue weighted by Crippen LogP contribution is -2.59. The van der Waals surface area contributed by atoms with Gasteiger partial charge in [0.2, 0.25) is 11.8 Å². The molecule has 0 radical (unpaired) electrons. The van der Waals surface area contributed by atoms with E-state index in [4.69, 9.17) is 14.2 Å². The SMILES string of the molecule is COc1ccc(N2C/C=C\CCC(=O)NC[C@@H](c3ccccc3)OC(=O)[C@@H]3[C@H]4O[C@@]5(C=C4Br)[C@H](C2=O)N([C@@H](CO)C(C)C)C(=O)[C@@H]35)cc1. The van der Waals surface area contributed by atoms with Gasteiger partial charge in [0.15, 0.2) is 0 Å². The van der Waals surface area contributed by atoms with Crippen LogP contribution in [0.15, 0.2) is 77.3 Å². The van der Waals surface area contributed by atoms with E-state index in [1.165, 1.54) is 4.90 Å². The number of benzene rings is 2. The predicted molar refractivity (Wildman–Crippen MR) is 180 cm³/mol. The van der Waals surface area contributed by atoms with E-state index >= 15 is 4.79 Å². The van der Waals surface area contributed by atoms with Crippen molar-refractivity contribution in [1.82, 2.24) is 10.2 Å². The van der Waals surface area contributed by atoms with Crippen molar-refractivity contribution in [2.24, 2.45) is 17.8 Å². The quantitative estimate of drug-likeness (QED) is 0.341. The number of cyclic esters (lactones) is 1. The van der Waals surface area contributed by atoms with Gasteiger partial charge in [-0.25, -0.2) is 0 Å². The van der Waals surface area contributed by atoms with E-state index in [2.05, 4.69) is 21.2 Å². The molecule has 0 aromatic heterocycles. The van der Waals surface area contributed by atoms with E-state index in [9.17, 15) is 19.5 Å². The number of allylic oxidation sites excluding steroid dienone is 1. The Balaban J connectivity index is 1.48. The number of fused-ring (bicyclic) bond motifs is 2. The molecule has 0 aliphatic carbocycles. The summed E-state index contributed by atoms with van der Waals surface area (Å²) in [6.07, 6.45) is 4.31. The molecule has 0 saturated carbocycles. The van der Waals surface area contributed by atoms with Crippen molar-refractivity contribution in [3.8, 4) is 5.75 Å². The van der Waals surface area contributed by atoms with Crippen LogP contribution in [-0.4, -0.2) is 84.3 Å². The van der Waals surface area contributed by atoms with Crippen LogP contribution in [0.2, 0.25) is 0 Å². The third-order valence-electron chi connectivity index (χ3n) is 9.74. The van der Waals surface area contributed by atoms with Crippen LogP contribution in [-0.2, 0) is 28.7 Å². The number of carbonyl (C=O) groups excluding carboxylic acids is 4. The van der Waals surface area contributed by atoms with Gasteiger partial charge in [0, 0.05) is 23.1 Å². The highest BCUT2D eigenvalue weighted by Crippen LogP contribution is 2.59. The number of anilines is 1. The molecule has 2 aromatic carbocycles. The number of likely N-dealkylation sites (tertiary alicyclic amines) is 1. The van der Waals surface area contributed by atoms with Gasteiger partial charge in [0.05, 0.1) is 32.2 Å². The molecular weight excluding hydrogens is 682 g/mol. The highest BCUT2D eigenvalue weighted by atomic mass is 79.9. The zero-order valence-corrected chi connectivity index (χ0v) is 28.7. The molecule has 11 nitrogen and oxygen atoms in total. The number of amides is 3. The van der Waals surface area contributed by atoms with Crippen LogP contribution in [0.1, 0.15) is 38.4 Å². The van der Waals surface area contributed by atoms with Gasteiger partial charge in [-0.1, -0.05) is 72.3 Å². The molecule has 4 aliphatic heterocycles. The highest BCUT2D eigenvalue weighted by molar-refractivity contribution is 9.11. The van der Waals surface area contributed by atoms with Crippen LogP contribution in [0.4, 0.5) is 5.69 Å². The molecule has 48 heavy (non-hydrogen) atoms. The molecule has 6 rings (SSSR count). The summed E-state index contributed by atoms with van der Waals surface area (Å²) in [6, 6.07) is 14.2. The van der Waals surface area contributed by atoms with Gasteiger partial charge in [-0.15, -0.1) is 0 Å². The summed E-state index contributed by atoms with van der Waals surface area (Å²) in [7, 11) is 1.55. The fraction of sp³-hybridized carbons (Fsp3) is 0.444. The number of hydrogen-bond acceptors (Lipinski definition) is 8. The number of carbonyl (C=O) groups is 4. The van der Waals surface area contributed by atoms with Crippen molar-refractivity contribution >= 4 is 45.3 Å². The minimum Gasteiger partial charge on any atom is -0.497 e. The molecule has 3 amide bonds. The Bertz CT molecular complexity index is 1610. The molecule has 2 saturated heterocycles. The molecule has 1 spiro atoms. The number of rotatable bonds is 6. The minimum absolute atomic E-state index is 0.0374. The number of aliphatic hydroxyl groups excluding tert-OH is 1. The summed E-state index contributed by atoms with van der Waals surface area (Å²) in [5.74, 6) is -3.58. The lowest BCUT2D eigenvalue weighted by atomic mass is 9.74. The normalized spacial score (nSPS) is 30.5. The summed E-state index contributed by atoms with van der Waals surface area (Å²) in [4.78, 5) is 59.8. The maximum atomic E-state index is 15.0. The molecule has 2 N–H and O–H groups in total. The summed E-state index contributed by atoms with van der Waals surface area (Å²) in [6.45, 7) is 3.53. The van der Waals surface area contributed by atoms with Crippen LogP contribution in [0, 0.1) is 17.8 Å².